The van der Waals surface area contributed by atoms with Crippen LogP contribution >= 0.6 is 0 Å². The molecule has 3 rings (SSSR count). The van der Waals surface area contributed by atoms with Crippen molar-refractivity contribution in [3.63, 3.8) is 0 Å². The maximum atomic E-state index is 12.8. The van der Waals surface area contributed by atoms with Gasteiger partial charge in [0.15, 0.2) is 0 Å². The van der Waals surface area contributed by atoms with Gasteiger partial charge in [-0.05, 0) is 49.1 Å². The predicted octanol–water partition coefficient (Wildman–Crippen LogP) is 3.76. The summed E-state index contributed by atoms with van der Waals surface area (Å²) in [5.41, 5.74) is 1.31. The number of nitrogens with zero attached hydrogens (tertiary/aromatic N) is 1. The van der Waals surface area contributed by atoms with Crippen LogP contribution in [0.15, 0.2) is 54.6 Å². The van der Waals surface area contributed by atoms with Crippen molar-refractivity contribution in [2.75, 3.05) is 19.7 Å². The maximum Gasteiger partial charge on any atom is 0.253 e. The Hall–Kier alpha value is -2.82. The van der Waals surface area contributed by atoms with Crippen molar-refractivity contribution in [3.05, 3.63) is 65.7 Å². The molecule has 1 saturated heterocycles. The molecule has 0 unspecified atom stereocenters. The summed E-state index contributed by atoms with van der Waals surface area (Å²) in [7, 11) is 0. The molecule has 1 heterocycles. The zero-order chi connectivity index (χ0) is 19.9. The van der Waals surface area contributed by atoms with E-state index in [-0.39, 0.29) is 17.9 Å². The molecule has 1 N–H and O–H groups in total. The van der Waals surface area contributed by atoms with Gasteiger partial charge in [0.2, 0.25) is 0 Å². The summed E-state index contributed by atoms with van der Waals surface area (Å²) in [4.78, 5) is 27.0. The lowest BCUT2D eigenvalue weighted by atomic mass is 10.0. The van der Waals surface area contributed by atoms with Crippen molar-refractivity contribution >= 4 is 11.8 Å². The molecule has 0 bridgehead atoms. The number of nitrogens with one attached hydrogen (secondary N) is 1. The average Bonchev–Trinajstić information content (AvgIpc) is 2.73. The van der Waals surface area contributed by atoms with Crippen LogP contribution in [0.2, 0.25) is 0 Å². The third-order valence-corrected chi connectivity index (χ3v) is 4.82. The van der Waals surface area contributed by atoms with Gasteiger partial charge in [0.1, 0.15) is 5.75 Å². The fourth-order valence-electron chi connectivity index (χ4n) is 3.25. The molecule has 1 fully saturated rings. The van der Waals surface area contributed by atoms with Gasteiger partial charge in [-0.3, -0.25) is 9.59 Å². The zero-order valence-corrected chi connectivity index (χ0v) is 16.6. The number of rotatable bonds is 6. The van der Waals surface area contributed by atoms with Crippen molar-refractivity contribution in [3.8, 4) is 5.75 Å². The molecule has 148 valence electrons. The lowest BCUT2D eigenvalue weighted by Crippen LogP contribution is -2.46. The summed E-state index contributed by atoms with van der Waals surface area (Å²) in [5, 5.41) is 3.07. The summed E-state index contributed by atoms with van der Waals surface area (Å²) < 4.78 is 5.73. The molecular weight excluding hydrogens is 352 g/mol. The first kappa shape index (κ1) is 19.9. The molecule has 0 spiro atoms. The molecule has 2 aromatic carbocycles. The van der Waals surface area contributed by atoms with Crippen molar-refractivity contribution in [1.82, 2.24) is 10.2 Å². The van der Waals surface area contributed by atoms with E-state index in [9.17, 15) is 9.59 Å². The molecule has 1 aliphatic heterocycles. The number of benzene rings is 2. The summed E-state index contributed by atoms with van der Waals surface area (Å²) in [5.74, 6) is 1.12. The minimum atomic E-state index is -0.0552. The lowest BCUT2D eigenvalue weighted by molar-refractivity contribution is 0.0697. The number of hydrogen-bond donors (Lipinski definition) is 1. The highest BCUT2D eigenvalue weighted by Gasteiger charge is 2.25. The number of ether oxygens (including phenoxy) is 1. The monoisotopic (exact) mass is 380 g/mol. The van der Waals surface area contributed by atoms with Gasteiger partial charge in [-0.15, -0.1) is 0 Å². The highest BCUT2D eigenvalue weighted by atomic mass is 16.5. The van der Waals surface area contributed by atoms with E-state index in [4.69, 9.17) is 4.74 Å². The highest BCUT2D eigenvalue weighted by molar-refractivity contribution is 5.95. The van der Waals surface area contributed by atoms with E-state index in [0.29, 0.717) is 36.7 Å². The number of piperidine rings is 1. The second-order valence-corrected chi connectivity index (χ2v) is 7.64. The highest BCUT2D eigenvalue weighted by Crippen LogP contribution is 2.19. The van der Waals surface area contributed by atoms with Crippen LogP contribution in [-0.4, -0.2) is 42.5 Å². The third kappa shape index (κ3) is 5.35. The van der Waals surface area contributed by atoms with E-state index >= 15 is 0 Å². The lowest BCUT2D eigenvalue weighted by Gasteiger charge is -2.32. The van der Waals surface area contributed by atoms with E-state index in [1.165, 1.54) is 0 Å². The molecule has 28 heavy (non-hydrogen) atoms. The molecule has 0 aromatic heterocycles. The second-order valence-electron chi connectivity index (χ2n) is 7.64. The average molecular weight is 380 g/mol. The maximum absolute atomic E-state index is 12.8. The van der Waals surface area contributed by atoms with E-state index in [2.05, 4.69) is 19.2 Å². The summed E-state index contributed by atoms with van der Waals surface area (Å²) in [6, 6.07) is 16.7. The van der Waals surface area contributed by atoms with E-state index in [0.717, 1.165) is 18.6 Å². The quantitative estimate of drug-likeness (QED) is 0.830. The van der Waals surface area contributed by atoms with E-state index < -0.39 is 0 Å². The largest absolute Gasteiger partial charge is 0.493 e. The van der Waals surface area contributed by atoms with Crippen molar-refractivity contribution in [1.29, 1.82) is 0 Å². The van der Waals surface area contributed by atoms with Gasteiger partial charge in [0.25, 0.3) is 11.8 Å². The molecule has 1 aliphatic rings. The summed E-state index contributed by atoms with van der Waals surface area (Å²) >= 11 is 0. The van der Waals surface area contributed by atoms with Crippen LogP contribution in [-0.2, 0) is 0 Å². The number of likely N-dealkylation sites (tertiary alicyclic amines) is 1. The molecule has 2 amide bonds. The van der Waals surface area contributed by atoms with E-state index in [1.807, 2.05) is 59.5 Å². The minimum Gasteiger partial charge on any atom is -0.493 e. The van der Waals surface area contributed by atoms with Gasteiger partial charge in [-0.25, -0.2) is 0 Å². The minimum absolute atomic E-state index is 0.0165. The molecular formula is C23H28N2O3. The molecule has 5 heteroatoms. The van der Waals surface area contributed by atoms with Crippen molar-refractivity contribution in [2.45, 2.75) is 32.7 Å². The van der Waals surface area contributed by atoms with Gasteiger partial charge >= 0.3 is 0 Å². The van der Waals surface area contributed by atoms with Crippen LogP contribution in [0.1, 0.15) is 47.4 Å². The second kappa shape index (κ2) is 9.40. The first-order chi connectivity index (χ1) is 13.5. The van der Waals surface area contributed by atoms with E-state index in [1.54, 1.807) is 0 Å². The standard InChI is InChI=1S/C23H28N2O3/c1-17(2)16-28-21-10-6-9-19(15-21)23(27)25-13-11-20(12-14-25)24-22(26)18-7-4-3-5-8-18/h3-10,15,17,20H,11-14,16H2,1-2H3,(H,24,26). The first-order valence-electron chi connectivity index (χ1n) is 9.91. The van der Waals surface area contributed by atoms with Crippen LogP contribution in [0.5, 0.6) is 5.75 Å². The normalized spacial score (nSPS) is 14.8. The number of carbonyl (C=O) groups excluding carboxylic acids is 2. The van der Waals surface area contributed by atoms with Crippen molar-refractivity contribution < 1.29 is 14.3 Å². The number of carbonyl (C=O) groups is 2. The third-order valence-electron chi connectivity index (χ3n) is 4.82. The van der Waals surface area contributed by atoms with Gasteiger partial charge in [-0.1, -0.05) is 38.1 Å². The van der Waals surface area contributed by atoms with Gasteiger partial charge in [0, 0.05) is 30.3 Å². The van der Waals surface area contributed by atoms with Crippen LogP contribution in [0.3, 0.4) is 0 Å². The molecule has 0 radical (unpaired) electrons. The fourth-order valence-corrected chi connectivity index (χ4v) is 3.25. The van der Waals surface area contributed by atoms with Crippen LogP contribution in [0.25, 0.3) is 0 Å². The topological polar surface area (TPSA) is 58.6 Å². The van der Waals surface area contributed by atoms with Crippen molar-refractivity contribution in [2.24, 2.45) is 5.92 Å². The number of hydrogen-bond acceptors (Lipinski definition) is 3. The SMILES string of the molecule is CC(C)COc1cccc(C(=O)N2CCC(NC(=O)c3ccccc3)CC2)c1. The Morgan fingerprint density at radius 2 is 1.71 bits per heavy atom. The predicted molar refractivity (Wildman–Crippen MR) is 110 cm³/mol. The summed E-state index contributed by atoms with van der Waals surface area (Å²) in [6.07, 6.45) is 1.52. The first-order valence-corrected chi connectivity index (χ1v) is 9.91. The molecule has 5 nitrogen and oxygen atoms in total. The van der Waals surface area contributed by atoms with Gasteiger partial charge in [-0.2, -0.15) is 0 Å². The van der Waals surface area contributed by atoms with Gasteiger partial charge < -0.3 is 15.0 Å². The Morgan fingerprint density at radius 1 is 1.04 bits per heavy atom. The van der Waals surface area contributed by atoms with Crippen LogP contribution in [0, 0.1) is 5.92 Å². The van der Waals surface area contributed by atoms with Crippen LogP contribution in [0.4, 0.5) is 0 Å². The Bertz CT molecular complexity index is 797. The molecule has 2 aromatic rings. The Morgan fingerprint density at radius 3 is 2.39 bits per heavy atom. The Balaban J connectivity index is 1.52. The molecule has 0 atom stereocenters. The zero-order valence-electron chi connectivity index (χ0n) is 16.6. The molecule has 0 aliphatic carbocycles. The van der Waals surface area contributed by atoms with Crippen LogP contribution < -0.4 is 10.1 Å². The Labute approximate surface area is 166 Å². The fraction of sp³-hybridized carbons (Fsp3) is 0.391. The summed E-state index contributed by atoms with van der Waals surface area (Å²) in [6.45, 7) is 6.08. The van der Waals surface area contributed by atoms with Gasteiger partial charge in [0.05, 0.1) is 6.61 Å². The number of amides is 2. The molecule has 0 saturated carbocycles. The Kier molecular flexibility index (Phi) is 6.69. The smallest absolute Gasteiger partial charge is 0.253 e.